The third-order valence-corrected chi connectivity index (χ3v) is 3.38. The maximum atomic E-state index is 13.3. The van der Waals surface area contributed by atoms with Gasteiger partial charge < -0.3 is 0 Å². The van der Waals surface area contributed by atoms with Crippen molar-refractivity contribution in [3.05, 3.63) is 33.6 Å². The van der Waals surface area contributed by atoms with Crippen LogP contribution < -0.4 is 4.72 Å². The monoisotopic (exact) mass is 248 g/mol. The zero-order chi connectivity index (χ0) is 12.5. The molecule has 88 valence electrons. The summed E-state index contributed by atoms with van der Waals surface area (Å²) < 4.78 is 38.0. The predicted octanol–water partition coefficient (Wildman–Crippen LogP) is 0.950. The number of nitro groups is 1. The van der Waals surface area contributed by atoms with Crippen molar-refractivity contribution in [3.8, 4) is 0 Å². The number of hydrogen-bond acceptors (Lipinski definition) is 4. The van der Waals surface area contributed by atoms with Gasteiger partial charge in [0.2, 0.25) is 15.8 Å². The van der Waals surface area contributed by atoms with Crippen LogP contribution in [-0.2, 0) is 10.0 Å². The molecule has 0 saturated carbocycles. The summed E-state index contributed by atoms with van der Waals surface area (Å²) in [5, 5.41) is 10.5. The van der Waals surface area contributed by atoms with E-state index in [2.05, 4.69) is 0 Å². The minimum Gasteiger partial charge on any atom is -0.258 e. The molecular formula is C8H9FN2O4S. The molecule has 0 amide bonds. The number of benzene rings is 1. The van der Waals surface area contributed by atoms with E-state index >= 15 is 0 Å². The van der Waals surface area contributed by atoms with Crippen LogP contribution in [0.15, 0.2) is 17.0 Å². The van der Waals surface area contributed by atoms with E-state index in [0.29, 0.717) is 6.07 Å². The molecule has 0 spiro atoms. The van der Waals surface area contributed by atoms with Crippen molar-refractivity contribution in [3.63, 3.8) is 0 Å². The zero-order valence-electron chi connectivity index (χ0n) is 8.52. The lowest BCUT2D eigenvalue weighted by Crippen LogP contribution is -2.19. The normalized spacial score (nSPS) is 11.4. The Kier molecular flexibility index (Phi) is 3.24. The first-order valence-corrected chi connectivity index (χ1v) is 5.66. The van der Waals surface area contributed by atoms with Crippen molar-refractivity contribution in [2.75, 3.05) is 7.05 Å². The van der Waals surface area contributed by atoms with Crippen LogP contribution in [0.1, 0.15) is 5.56 Å². The number of hydrogen-bond donors (Lipinski definition) is 1. The summed E-state index contributed by atoms with van der Waals surface area (Å²) in [4.78, 5) is 9.20. The average molecular weight is 248 g/mol. The lowest BCUT2D eigenvalue weighted by molar-refractivity contribution is -0.387. The fourth-order valence-electron chi connectivity index (χ4n) is 1.12. The quantitative estimate of drug-likeness (QED) is 0.637. The van der Waals surface area contributed by atoms with Gasteiger partial charge in [0.1, 0.15) is 0 Å². The number of rotatable bonds is 3. The van der Waals surface area contributed by atoms with Crippen LogP contribution in [-0.4, -0.2) is 20.4 Å². The topological polar surface area (TPSA) is 89.3 Å². The number of halogens is 1. The highest BCUT2D eigenvalue weighted by Crippen LogP contribution is 2.24. The molecule has 0 aromatic heterocycles. The van der Waals surface area contributed by atoms with Gasteiger partial charge in [0, 0.05) is 6.07 Å². The summed E-state index contributed by atoms with van der Waals surface area (Å²) in [6.45, 7) is 1.26. The number of aryl methyl sites for hydroxylation is 1. The minimum atomic E-state index is -3.81. The van der Waals surface area contributed by atoms with Gasteiger partial charge in [-0.1, -0.05) is 0 Å². The van der Waals surface area contributed by atoms with E-state index in [-0.39, 0.29) is 10.5 Å². The standard InChI is InChI=1S/C8H9FN2O4S/c1-5-3-6(16(14,15)10-2)4-7(8(5)9)11(12)13/h3-4,10H,1-2H3. The van der Waals surface area contributed by atoms with Gasteiger partial charge in [-0.05, 0) is 25.6 Å². The zero-order valence-corrected chi connectivity index (χ0v) is 9.34. The number of nitrogens with one attached hydrogen (secondary N) is 1. The number of sulfonamides is 1. The second kappa shape index (κ2) is 4.14. The molecule has 0 aliphatic rings. The van der Waals surface area contributed by atoms with Crippen LogP contribution in [0.2, 0.25) is 0 Å². The van der Waals surface area contributed by atoms with Crippen molar-refractivity contribution < 1.29 is 17.7 Å². The highest BCUT2D eigenvalue weighted by Gasteiger charge is 2.22. The summed E-state index contributed by atoms with van der Waals surface area (Å²) in [6, 6.07) is 1.72. The summed E-state index contributed by atoms with van der Waals surface area (Å²) >= 11 is 0. The van der Waals surface area contributed by atoms with Gasteiger partial charge in [-0.25, -0.2) is 13.1 Å². The Labute approximate surface area is 91.3 Å². The van der Waals surface area contributed by atoms with Gasteiger partial charge in [0.15, 0.2) is 0 Å². The van der Waals surface area contributed by atoms with E-state index in [1.54, 1.807) is 0 Å². The summed E-state index contributed by atoms with van der Waals surface area (Å²) in [5.74, 6) is -1.03. The van der Waals surface area contributed by atoms with Crippen LogP contribution in [0.25, 0.3) is 0 Å². The second-order valence-electron chi connectivity index (χ2n) is 3.04. The van der Waals surface area contributed by atoms with Gasteiger partial charge >= 0.3 is 5.69 Å². The molecule has 6 nitrogen and oxygen atoms in total. The van der Waals surface area contributed by atoms with E-state index in [4.69, 9.17) is 0 Å². The summed E-state index contributed by atoms with van der Waals surface area (Å²) in [5.41, 5.74) is -0.947. The van der Waals surface area contributed by atoms with Gasteiger partial charge in [-0.2, -0.15) is 4.39 Å². The highest BCUT2D eigenvalue weighted by atomic mass is 32.2. The molecular weight excluding hydrogens is 239 g/mol. The number of nitrogens with zero attached hydrogens (tertiary/aromatic N) is 1. The fourth-order valence-corrected chi connectivity index (χ4v) is 1.96. The molecule has 0 aliphatic heterocycles. The number of nitro benzene ring substituents is 1. The van der Waals surface area contributed by atoms with E-state index in [9.17, 15) is 22.9 Å². The molecule has 16 heavy (non-hydrogen) atoms. The van der Waals surface area contributed by atoms with Gasteiger partial charge in [-0.15, -0.1) is 0 Å². The van der Waals surface area contributed by atoms with Gasteiger partial charge in [0.05, 0.1) is 9.82 Å². The van der Waals surface area contributed by atoms with Crippen LogP contribution in [0.5, 0.6) is 0 Å². The summed E-state index contributed by atoms with van der Waals surface area (Å²) in [6.07, 6.45) is 0. The van der Waals surface area contributed by atoms with Crippen LogP contribution in [0.4, 0.5) is 10.1 Å². The second-order valence-corrected chi connectivity index (χ2v) is 4.92. The van der Waals surface area contributed by atoms with E-state index in [1.807, 2.05) is 4.72 Å². The third-order valence-electron chi connectivity index (χ3n) is 1.98. The first-order chi connectivity index (χ1) is 7.29. The Balaban J connectivity index is 3.53. The van der Waals surface area contributed by atoms with Crippen LogP contribution >= 0.6 is 0 Å². The molecule has 0 bridgehead atoms. The average Bonchev–Trinajstić information content (AvgIpc) is 2.21. The smallest absolute Gasteiger partial charge is 0.258 e. The SMILES string of the molecule is CNS(=O)(=O)c1cc(C)c(F)c([N+](=O)[O-])c1. The molecule has 1 aromatic carbocycles. The third kappa shape index (κ3) is 2.17. The Morgan fingerprint density at radius 2 is 2.00 bits per heavy atom. The Morgan fingerprint density at radius 3 is 2.44 bits per heavy atom. The summed E-state index contributed by atoms with van der Waals surface area (Å²) in [7, 11) is -2.65. The minimum absolute atomic E-state index is 0.0944. The van der Waals surface area contributed by atoms with E-state index in [0.717, 1.165) is 6.07 Å². The predicted molar refractivity (Wildman–Crippen MR) is 54.0 cm³/mol. The Bertz CT molecular complexity index is 541. The van der Waals surface area contributed by atoms with Crippen LogP contribution in [0, 0.1) is 22.9 Å². The molecule has 0 unspecified atom stereocenters. The molecule has 0 aliphatic carbocycles. The maximum Gasteiger partial charge on any atom is 0.306 e. The van der Waals surface area contributed by atoms with E-state index < -0.39 is 26.5 Å². The molecule has 1 rings (SSSR count). The first-order valence-electron chi connectivity index (χ1n) is 4.17. The Morgan fingerprint density at radius 1 is 1.44 bits per heavy atom. The van der Waals surface area contributed by atoms with Crippen molar-refractivity contribution >= 4 is 15.7 Å². The molecule has 0 heterocycles. The maximum absolute atomic E-state index is 13.3. The molecule has 0 radical (unpaired) electrons. The molecule has 8 heteroatoms. The fraction of sp³-hybridized carbons (Fsp3) is 0.250. The lowest BCUT2D eigenvalue weighted by Gasteiger charge is -2.04. The van der Waals surface area contributed by atoms with E-state index in [1.165, 1.54) is 14.0 Å². The molecule has 1 aromatic rings. The van der Waals surface area contributed by atoms with Crippen molar-refractivity contribution in [1.29, 1.82) is 0 Å². The van der Waals surface area contributed by atoms with Crippen molar-refractivity contribution in [2.45, 2.75) is 11.8 Å². The molecule has 0 fully saturated rings. The molecule has 0 atom stereocenters. The van der Waals surface area contributed by atoms with Crippen LogP contribution in [0.3, 0.4) is 0 Å². The van der Waals surface area contributed by atoms with Gasteiger partial charge in [-0.3, -0.25) is 10.1 Å². The first kappa shape index (κ1) is 12.5. The molecule has 0 saturated heterocycles. The largest absolute Gasteiger partial charge is 0.306 e. The highest BCUT2D eigenvalue weighted by molar-refractivity contribution is 7.89. The Hall–Kier alpha value is -1.54. The molecule has 1 N–H and O–H groups in total. The lowest BCUT2D eigenvalue weighted by atomic mass is 10.2. The van der Waals surface area contributed by atoms with Crippen molar-refractivity contribution in [2.24, 2.45) is 0 Å². The van der Waals surface area contributed by atoms with Gasteiger partial charge in [0.25, 0.3) is 0 Å². The van der Waals surface area contributed by atoms with Crippen molar-refractivity contribution in [1.82, 2.24) is 4.72 Å².